The molecule has 0 aromatic heterocycles. The van der Waals surface area contributed by atoms with Crippen LogP contribution in [0, 0.1) is 0 Å². The molecule has 3 aromatic carbocycles. The smallest absolute Gasteiger partial charge is 0.246 e. The molecular formula is C18H13Cl2NO. The van der Waals surface area contributed by atoms with Crippen molar-refractivity contribution in [1.29, 1.82) is 0 Å². The number of carbonyl (C=O) groups is 1. The van der Waals surface area contributed by atoms with E-state index in [0.29, 0.717) is 10.7 Å². The lowest BCUT2D eigenvalue weighted by Crippen LogP contribution is -2.27. The summed E-state index contributed by atoms with van der Waals surface area (Å²) in [6.45, 7) is 0. The molecular weight excluding hydrogens is 317 g/mol. The minimum absolute atomic E-state index is 0.117. The maximum atomic E-state index is 12.4. The van der Waals surface area contributed by atoms with E-state index in [9.17, 15) is 4.79 Å². The van der Waals surface area contributed by atoms with E-state index >= 15 is 0 Å². The van der Waals surface area contributed by atoms with Crippen molar-refractivity contribution in [2.75, 3.05) is 10.8 Å². The van der Waals surface area contributed by atoms with Gasteiger partial charge in [0.2, 0.25) is 5.91 Å². The zero-order valence-electron chi connectivity index (χ0n) is 11.7. The van der Waals surface area contributed by atoms with Crippen LogP contribution in [0.3, 0.4) is 0 Å². The summed E-state index contributed by atoms with van der Waals surface area (Å²) in [5.74, 6) is -0.333. The Labute approximate surface area is 138 Å². The largest absolute Gasteiger partial charge is 0.278 e. The van der Waals surface area contributed by atoms with Crippen LogP contribution in [-0.2, 0) is 4.79 Å². The van der Waals surface area contributed by atoms with Gasteiger partial charge in [-0.05, 0) is 23.6 Å². The van der Waals surface area contributed by atoms with Crippen LogP contribution in [0.4, 0.5) is 11.4 Å². The summed E-state index contributed by atoms with van der Waals surface area (Å²) in [6.07, 6.45) is 0. The number of carbonyl (C=O) groups excluding carboxylic acids is 1. The first-order valence-electron chi connectivity index (χ1n) is 6.83. The number of nitrogens with zero attached hydrogens (tertiary/aromatic N) is 1. The van der Waals surface area contributed by atoms with Gasteiger partial charge in [0.1, 0.15) is 5.88 Å². The van der Waals surface area contributed by atoms with Crippen LogP contribution in [-0.4, -0.2) is 11.8 Å². The van der Waals surface area contributed by atoms with Crippen LogP contribution in [0.1, 0.15) is 0 Å². The molecule has 0 atom stereocenters. The molecule has 0 heterocycles. The van der Waals surface area contributed by atoms with Gasteiger partial charge in [-0.3, -0.25) is 9.69 Å². The van der Waals surface area contributed by atoms with Gasteiger partial charge in [0, 0.05) is 11.1 Å². The molecule has 3 rings (SSSR count). The van der Waals surface area contributed by atoms with Crippen LogP contribution in [0.25, 0.3) is 10.8 Å². The molecule has 0 radical (unpaired) electrons. The minimum Gasteiger partial charge on any atom is -0.278 e. The van der Waals surface area contributed by atoms with Gasteiger partial charge < -0.3 is 0 Å². The second-order valence-electron chi connectivity index (χ2n) is 4.82. The third kappa shape index (κ3) is 2.68. The maximum absolute atomic E-state index is 12.4. The van der Waals surface area contributed by atoms with E-state index in [1.165, 1.54) is 0 Å². The van der Waals surface area contributed by atoms with E-state index < -0.39 is 0 Å². The highest BCUT2D eigenvalue weighted by atomic mass is 35.5. The summed E-state index contributed by atoms with van der Waals surface area (Å²) in [6, 6.07) is 20.9. The first-order chi connectivity index (χ1) is 10.7. The lowest BCUT2D eigenvalue weighted by molar-refractivity contribution is -0.115. The third-order valence-electron chi connectivity index (χ3n) is 3.45. The lowest BCUT2D eigenvalue weighted by atomic mass is 10.1. The van der Waals surface area contributed by atoms with Gasteiger partial charge in [-0.1, -0.05) is 60.1 Å². The van der Waals surface area contributed by atoms with Gasteiger partial charge in [0.25, 0.3) is 0 Å². The second-order valence-corrected chi connectivity index (χ2v) is 5.49. The Balaban J connectivity index is 2.29. The molecule has 0 N–H and O–H groups in total. The number of halogens is 2. The van der Waals surface area contributed by atoms with Gasteiger partial charge in [-0.15, -0.1) is 11.6 Å². The number of rotatable bonds is 3. The fourth-order valence-corrected chi connectivity index (χ4v) is 2.86. The van der Waals surface area contributed by atoms with Crippen molar-refractivity contribution in [3.05, 3.63) is 71.8 Å². The Kier molecular flexibility index (Phi) is 4.32. The molecule has 3 aromatic rings. The van der Waals surface area contributed by atoms with Crippen LogP contribution in [0.2, 0.25) is 5.02 Å². The van der Waals surface area contributed by atoms with Crippen molar-refractivity contribution < 1.29 is 4.79 Å². The second kappa shape index (κ2) is 6.39. The Morgan fingerprint density at radius 2 is 1.59 bits per heavy atom. The predicted molar refractivity (Wildman–Crippen MR) is 93.3 cm³/mol. The number of hydrogen-bond acceptors (Lipinski definition) is 1. The summed E-state index contributed by atoms with van der Waals surface area (Å²) >= 11 is 12.2. The molecule has 0 saturated heterocycles. The lowest BCUT2D eigenvalue weighted by Gasteiger charge is -2.25. The van der Waals surface area contributed by atoms with Crippen LogP contribution >= 0.6 is 23.2 Å². The number of hydrogen-bond donors (Lipinski definition) is 0. The van der Waals surface area contributed by atoms with E-state index in [0.717, 1.165) is 16.5 Å². The fourth-order valence-electron chi connectivity index (χ4n) is 2.49. The molecule has 0 aliphatic carbocycles. The molecule has 0 aliphatic rings. The third-order valence-corrected chi connectivity index (χ3v) is 3.99. The monoisotopic (exact) mass is 329 g/mol. The van der Waals surface area contributed by atoms with Crippen molar-refractivity contribution in [3.63, 3.8) is 0 Å². The molecule has 110 valence electrons. The summed E-state index contributed by atoms with van der Waals surface area (Å²) in [5.41, 5.74) is 1.41. The summed E-state index contributed by atoms with van der Waals surface area (Å²) in [4.78, 5) is 14.0. The topological polar surface area (TPSA) is 20.3 Å². The number of alkyl halides is 1. The average Bonchev–Trinajstić information content (AvgIpc) is 2.58. The SMILES string of the molecule is O=C(CCl)N(c1ccccc1)c1c(Cl)ccc2ccccc12. The molecule has 0 fully saturated rings. The van der Waals surface area contributed by atoms with Crippen molar-refractivity contribution in [1.82, 2.24) is 0 Å². The zero-order valence-corrected chi connectivity index (χ0v) is 13.2. The molecule has 22 heavy (non-hydrogen) atoms. The number of benzene rings is 3. The number of anilines is 2. The Hall–Kier alpha value is -2.03. The van der Waals surface area contributed by atoms with Crippen molar-refractivity contribution in [2.24, 2.45) is 0 Å². The van der Waals surface area contributed by atoms with Crippen LogP contribution < -0.4 is 4.90 Å². The number of para-hydroxylation sites is 1. The molecule has 0 bridgehead atoms. The van der Waals surface area contributed by atoms with Crippen LogP contribution in [0.15, 0.2) is 66.7 Å². The standard InChI is InChI=1S/C18H13Cl2NO/c19-12-17(22)21(14-7-2-1-3-8-14)18-15-9-5-4-6-13(15)10-11-16(18)20/h1-11H,12H2. The van der Waals surface area contributed by atoms with Crippen molar-refractivity contribution in [2.45, 2.75) is 0 Å². The quantitative estimate of drug-likeness (QED) is 0.589. The number of fused-ring (bicyclic) bond motifs is 1. The van der Waals surface area contributed by atoms with E-state index in [2.05, 4.69) is 0 Å². The molecule has 0 spiro atoms. The van der Waals surface area contributed by atoms with Gasteiger partial charge in [-0.25, -0.2) is 0 Å². The number of amides is 1. The van der Waals surface area contributed by atoms with Gasteiger partial charge >= 0.3 is 0 Å². The molecule has 1 amide bonds. The summed E-state index contributed by atoms with van der Waals surface area (Å²) < 4.78 is 0. The average molecular weight is 330 g/mol. The predicted octanol–water partition coefficient (Wildman–Crippen LogP) is 5.40. The van der Waals surface area contributed by atoms with Crippen molar-refractivity contribution >= 4 is 51.3 Å². The molecule has 4 heteroatoms. The molecule has 0 saturated carbocycles. The van der Waals surface area contributed by atoms with E-state index in [4.69, 9.17) is 23.2 Å². The molecule has 2 nitrogen and oxygen atoms in total. The normalized spacial score (nSPS) is 10.6. The summed E-state index contributed by atoms with van der Waals surface area (Å²) in [7, 11) is 0. The van der Waals surface area contributed by atoms with Gasteiger partial charge in [-0.2, -0.15) is 0 Å². The highest BCUT2D eigenvalue weighted by Crippen LogP contribution is 2.38. The zero-order chi connectivity index (χ0) is 15.5. The molecule has 0 aliphatic heterocycles. The minimum atomic E-state index is -0.217. The molecule has 0 unspecified atom stereocenters. The van der Waals surface area contributed by atoms with Gasteiger partial charge in [0.05, 0.1) is 10.7 Å². The highest BCUT2D eigenvalue weighted by molar-refractivity contribution is 6.37. The summed E-state index contributed by atoms with van der Waals surface area (Å²) in [5, 5.41) is 2.45. The maximum Gasteiger partial charge on any atom is 0.246 e. The Bertz CT molecular complexity index is 818. The highest BCUT2D eigenvalue weighted by Gasteiger charge is 2.21. The van der Waals surface area contributed by atoms with E-state index in [-0.39, 0.29) is 11.8 Å². The Morgan fingerprint density at radius 3 is 2.32 bits per heavy atom. The first kappa shape index (κ1) is 14.9. The Morgan fingerprint density at radius 1 is 0.909 bits per heavy atom. The van der Waals surface area contributed by atoms with E-state index in [1.54, 1.807) is 11.0 Å². The van der Waals surface area contributed by atoms with Crippen molar-refractivity contribution in [3.8, 4) is 0 Å². The van der Waals surface area contributed by atoms with Crippen LogP contribution in [0.5, 0.6) is 0 Å². The van der Waals surface area contributed by atoms with Gasteiger partial charge in [0.15, 0.2) is 0 Å². The van der Waals surface area contributed by atoms with E-state index in [1.807, 2.05) is 60.7 Å². The first-order valence-corrected chi connectivity index (χ1v) is 7.75. The fraction of sp³-hybridized carbons (Fsp3) is 0.0556.